The largest absolute Gasteiger partial charge is 0.349 e. The minimum absolute atomic E-state index is 0.00793. The number of carbonyl (C=O) groups excluding carboxylic acids is 1. The third kappa shape index (κ3) is 4.79. The zero-order chi connectivity index (χ0) is 15.9. The van der Waals surface area contributed by atoms with E-state index in [4.69, 9.17) is 11.6 Å². The molecule has 0 saturated heterocycles. The Bertz CT molecular complexity index is 600. The highest BCUT2D eigenvalue weighted by atomic mass is 35.5. The SMILES string of the molecule is CCC(Sc1ccc(Cl)cc1)C(=O)N[C@H](C)c1ccccc1. The smallest absolute Gasteiger partial charge is 0.233 e. The van der Waals surface area contributed by atoms with Gasteiger partial charge in [0.15, 0.2) is 0 Å². The molecule has 0 heterocycles. The van der Waals surface area contributed by atoms with Gasteiger partial charge in [0.25, 0.3) is 0 Å². The van der Waals surface area contributed by atoms with Crippen LogP contribution < -0.4 is 5.32 Å². The van der Waals surface area contributed by atoms with E-state index in [0.717, 1.165) is 16.9 Å². The summed E-state index contributed by atoms with van der Waals surface area (Å²) in [6.45, 7) is 4.03. The third-order valence-electron chi connectivity index (χ3n) is 3.41. The van der Waals surface area contributed by atoms with Crippen LogP contribution in [-0.2, 0) is 4.79 Å². The van der Waals surface area contributed by atoms with Crippen molar-refractivity contribution in [1.82, 2.24) is 5.32 Å². The van der Waals surface area contributed by atoms with Crippen molar-refractivity contribution in [3.05, 3.63) is 65.2 Å². The highest BCUT2D eigenvalue weighted by Crippen LogP contribution is 2.27. The summed E-state index contributed by atoms with van der Waals surface area (Å²) in [5, 5.41) is 3.70. The van der Waals surface area contributed by atoms with Crippen molar-refractivity contribution >= 4 is 29.3 Å². The van der Waals surface area contributed by atoms with Crippen LogP contribution in [0.15, 0.2) is 59.5 Å². The maximum Gasteiger partial charge on any atom is 0.233 e. The molecule has 0 radical (unpaired) electrons. The van der Waals surface area contributed by atoms with Gasteiger partial charge in [0.1, 0.15) is 0 Å². The molecule has 2 nitrogen and oxygen atoms in total. The molecule has 0 aromatic heterocycles. The minimum atomic E-state index is -0.104. The van der Waals surface area contributed by atoms with Crippen LogP contribution in [0.5, 0.6) is 0 Å². The average Bonchev–Trinajstić information content (AvgIpc) is 2.55. The number of carbonyl (C=O) groups is 1. The second-order valence-electron chi connectivity index (χ2n) is 5.11. The van der Waals surface area contributed by atoms with E-state index in [1.54, 1.807) is 11.8 Å². The van der Waals surface area contributed by atoms with Gasteiger partial charge in [-0.3, -0.25) is 4.79 Å². The molecular formula is C18H20ClNOS. The van der Waals surface area contributed by atoms with Gasteiger partial charge in [0, 0.05) is 9.92 Å². The number of hydrogen-bond acceptors (Lipinski definition) is 2. The lowest BCUT2D eigenvalue weighted by atomic mass is 10.1. The number of nitrogens with one attached hydrogen (secondary N) is 1. The van der Waals surface area contributed by atoms with Gasteiger partial charge in [-0.15, -0.1) is 11.8 Å². The zero-order valence-corrected chi connectivity index (χ0v) is 14.3. The number of amides is 1. The van der Waals surface area contributed by atoms with Crippen LogP contribution >= 0.6 is 23.4 Å². The van der Waals surface area contributed by atoms with E-state index in [1.807, 2.05) is 68.4 Å². The van der Waals surface area contributed by atoms with E-state index in [2.05, 4.69) is 5.32 Å². The first-order valence-electron chi connectivity index (χ1n) is 7.37. The molecule has 0 saturated carbocycles. The molecule has 2 rings (SSSR count). The van der Waals surface area contributed by atoms with Crippen molar-refractivity contribution in [2.45, 2.75) is 36.5 Å². The van der Waals surface area contributed by atoms with Crippen molar-refractivity contribution in [3.8, 4) is 0 Å². The first-order chi connectivity index (χ1) is 10.6. The van der Waals surface area contributed by atoms with Gasteiger partial charge in [0.2, 0.25) is 5.91 Å². The van der Waals surface area contributed by atoms with E-state index in [9.17, 15) is 4.79 Å². The lowest BCUT2D eigenvalue weighted by Crippen LogP contribution is -2.34. The van der Waals surface area contributed by atoms with Crippen molar-refractivity contribution in [2.75, 3.05) is 0 Å². The molecule has 22 heavy (non-hydrogen) atoms. The average molecular weight is 334 g/mol. The predicted molar refractivity (Wildman–Crippen MR) is 94.4 cm³/mol. The maximum absolute atomic E-state index is 12.5. The van der Waals surface area contributed by atoms with Gasteiger partial charge in [-0.25, -0.2) is 0 Å². The van der Waals surface area contributed by atoms with Gasteiger partial charge in [0.05, 0.1) is 11.3 Å². The van der Waals surface area contributed by atoms with Gasteiger partial charge < -0.3 is 5.32 Å². The number of halogens is 1. The summed E-state index contributed by atoms with van der Waals surface area (Å²) < 4.78 is 0. The molecule has 2 atom stereocenters. The summed E-state index contributed by atoms with van der Waals surface area (Å²) >= 11 is 7.46. The Kier molecular flexibility index (Phi) is 6.34. The standard InChI is InChI=1S/C18H20ClNOS/c1-3-17(22-16-11-9-15(19)10-12-16)18(21)20-13(2)14-7-5-4-6-8-14/h4-13,17H,3H2,1-2H3,(H,20,21)/t13-,17?/m1/s1. The van der Waals surface area contributed by atoms with Crippen molar-refractivity contribution in [2.24, 2.45) is 0 Å². The highest BCUT2D eigenvalue weighted by molar-refractivity contribution is 8.00. The van der Waals surface area contributed by atoms with Crippen LogP contribution in [0.2, 0.25) is 5.02 Å². The molecule has 1 amide bonds. The molecule has 2 aromatic rings. The van der Waals surface area contributed by atoms with Crippen LogP contribution in [0.1, 0.15) is 31.9 Å². The van der Waals surface area contributed by atoms with Crippen LogP contribution in [0.3, 0.4) is 0 Å². The molecule has 2 aromatic carbocycles. The monoisotopic (exact) mass is 333 g/mol. The van der Waals surface area contributed by atoms with Gasteiger partial charge in [-0.1, -0.05) is 48.9 Å². The Morgan fingerprint density at radius 3 is 2.36 bits per heavy atom. The number of hydrogen-bond donors (Lipinski definition) is 1. The van der Waals surface area contributed by atoms with Crippen molar-refractivity contribution < 1.29 is 4.79 Å². The van der Waals surface area contributed by atoms with E-state index in [-0.39, 0.29) is 17.2 Å². The fourth-order valence-electron chi connectivity index (χ4n) is 2.13. The highest BCUT2D eigenvalue weighted by Gasteiger charge is 2.20. The fourth-order valence-corrected chi connectivity index (χ4v) is 3.22. The molecule has 1 N–H and O–H groups in total. The molecule has 1 unspecified atom stereocenters. The lowest BCUT2D eigenvalue weighted by Gasteiger charge is -2.19. The van der Waals surface area contributed by atoms with E-state index in [1.165, 1.54) is 0 Å². The van der Waals surface area contributed by atoms with Crippen molar-refractivity contribution in [3.63, 3.8) is 0 Å². The van der Waals surface area contributed by atoms with E-state index >= 15 is 0 Å². The summed E-state index contributed by atoms with van der Waals surface area (Å²) in [7, 11) is 0. The van der Waals surface area contributed by atoms with E-state index in [0.29, 0.717) is 5.02 Å². The molecule has 0 bridgehead atoms. The van der Waals surface area contributed by atoms with Crippen molar-refractivity contribution in [1.29, 1.82) is 0 Å². The Labute approximate surface area is 141 Å². The van der Waals surface area contributed by atoms with Gasteiger partial charge in [-0.2, -0.15) is 0 Å². The molecule has 0 aliphatic rings. The lowest BCUT2D eigenvalue weighted by molar-refractivity contribution is -0.121. The molecule has 0 aliphatic heterocycles. The molecule has 4 heteroatoms. The first kappa shape index (κ1) is 16.9. The fraction of sp³-hybridized carbons (Fsp3) is 0.278. The Balaban J connectivity index is 1.98. The summed E-state index contributed by atoms with van der Waals surface area (Å²) in [5.41, 5.74) is 1.11. The maximum atomic E-state index is 12.5. The number of thioether (sulfide) groups is 1. The molecular weight excluding hydrogens is 314 g/mol. The Morgan fingerprint density at radius 1 is 1.14 bits per heavy atom. The topological polar surface area (TPSA) is 29.1 Å². The summed E-state index contributed by atoms with van der Waals surface area (Å²) in [4.78, 5) is 13.5. The minimum Gasteiger partial charge on any atom is -0.349 e. The van der Waals surface area contributed by atoms with Crippen LogP contribution in [0.25, 0.3) is 0 Å². The second-order valence-corrected chi connectivity index (χ2v) is 6.82. The molecule has 0 aliphatic carbocycles. The van der Waals surface area contributed by atoms with E-state index < -0.39 is 0 Å². The Morgan fingerprint density at radius 2 is 1.77 bits per heavy atom. The summed E-state index contributed by atoms with van der Waals surface area (Å²) in [6, 6.07) is 17.6. The normalized spacial score (nSPS) is 13.4. The quantitative estimate of drug-likeness (QED) is 0.746. The Hall–Kier alpha value is -1.45. The van der Waals surface area contributed by atoms with Crippen LogP contribution in [0, 0.1) is 0 Å². The van der Waals surface area contributed by atoms with Gasteiger partial charge in [-0.05, 0) is 43.2 Å². The second kappa shape index (κ2) is 8.25. The zero-order valence-electron chi connectivity index (χ0n) is 12.8. The number of benzene rings is 2. The molecule has 0 fully saturated rings. The molecule has 0 spiro atoms. The predicted octanol–water partition coefficient (Wildman–Crippen LogP) is 5.09. The first-order valence-corrected chi connectivity index (χ1v) is 8.63. The van der Waals surface area contributed by atoms with Crippen LogP contribution in [0.4, 0.5) is 0 Å². The number of rotatable bonds is 6. The van der Waals surface area contributed by atoms with Gasteiger partial charge >= 0.3 is 0 Å². The summed E-state index contributed by atoms with van der Waals surface area (Å²) in [6.07, 6.45) is 0.778. The van der Waals surface area contributed by atoms with Crippen LogP contribution in [-0.4, -0.2) is 11.2 Å². The molecule has 116 valence electrons. The third-order valence-corrected chi connectivity index (χ3v) is 5.04. The summed E-state index contributed by atoms with van der Waals surface area (Å²) in [5.74, 6) is 0.0683.